The van der Waals surface area contributed by atoms with Crippen LogP contribution in [0.5, 0.6) is 0 Å². The van der Waals surface area contributed by atoms with Gasteiger partial charge in [-0.1, -0.05) is 0 Å². The smallest absolute Gasteiger partial charge is 0.321 e. The highest BCUT2D eigenvalue weighted by molar-refractivity contribution is 6.19. The highest BCUT2D eigenvalue weighted by atomic mass is 16.5. The molecule has 2 unspecified atom stereocenters. The molecule has 0 N–H and O–H groups in total. The molecule has 0 bridgehead atoms. The third-order valence-corrected chi connectivity index (χ3v) is 4.84. The fraction of sp³-hybridized carbons (Fsp3) is 0.750. The lowest BCUT2D eigenvalue weighted by Gasteiger charge is -2.39. The normalized spacial score (nSPS) is 31.4. The van der Waals surface area contributed by atoms with Gasteiger partial charge in [0.05, 0.1) is 13.2 Å². The molecule has 0 aromatic heterocycles. The van der Waals surface area contributed by atoms with Crippen LogP contribution in [0.15, 0.2) is 0 Å². The molecule has 2 saturated carbocycles. The van der Waals surface area contributed by atoms with Gasteiger partial charge in [0.25, 0.3) is 0 Å². The quantitative estimate of drug-likeness (QED) is 0.566. The van der Waals surface area contributed by atoms with E-state index in [2.05, 4.69) is 0 Å². The van der Waals surface area contributed by atoms with Crippen LogP contribution in [0.25, 0.3) is 0 Å². The van der Waals surface area contributed by atoms with E-state index in [0.717, 1.165) is 0 Å². The maximum absolute atomic E-state index is 12.6. The topological polar surface area (TPSA) is 86.7 Å². The van der Waals surface area contributed by atoms with E-state index in [-0.39, 0.29) is 50.5 Å². The summed E-state index contributed by atoms with van der Waals surface area (Å²) in [6, 6.07) is 0. The van der Waals surface area contributed by atoms with Gasteiger partial charge in [0.1, 0.15) is 10.8 Å². The predicted octanol–water partition coefficient (Wildman–Crippen LogP) is 1.59. The van der Waals surface area contributed by atoms with Crippen LogP contribution in [0, 0.1) is 10.8 Å². The van der Waals surface area contributed by atoms with Crippen molar-refractivity contribution in [2.45, 2.75) is 52.4 Å². The first-order chi connectivity index (χ1) is 10.5. The molecule has 22 heavy (non-hydrogen) atoms. The van der Waals surface area contributed by atoms with Crippen LogP contribution < -0.4 is 0 Å². The molecule has 6 nitrogen and oxygen atoms in total. The molecule has 0 aromatic carbocycles. The number of hydrogen-bond donors (Lipinski definition) is 0. The summed E-state index contributed by atoms with van der Waals surface area (Å²) in [5.41, 5.74) is -3.38. The fourth-order valence-corrected chi connectivity index (χ4v) is 3.93. The Labute approximate surface area is 129 Å². The standard InChI is InChI=1S/C16H22O6/c1-3-21-13(19)15(9-5-7-11(15)17)16(14(20)22-4-2)10-6-8-12(16)18/h3-10H2,1-2H3. The van der Waals surface area contributed by atoms with Gasteiger partial charge in [-0.3, -0.25) is 19.2 Å². The zero-order valence-electron chi connectivity index (χ0n) is 13.1. The highest BCUT2D eigenvalue weighted by Crippen LogP contribution is 2.57. The van der Waals surface area contributed by atoms with E-state index in [1.54, 1.807) is 13.8 Å². The Morgan fingerprint density at radius 1 is 0.864 bits per heavy atom. The molecule has 2 atom stereocenters. The molecule has 0 aliphatic heterocycles. The average Bonchev–Trinajstić information content (AvgIpc) is 3.04. The largest absolute Gasteiger partial charge is 0.465 e. The highest BCUT2D eigenvalue weighted by Gasteiger charge is 2.72. The number of carbonyl (C=O) groups excluding carboxylic acids is 4. The van der Waals surface area contributed by atoms with Crippen molar-refractivity contribution in [1.29, 1.82) is 0 Å². The van der Waals surface area contributed by atoms with Crippen LogP contribution in [0.3, 0.4) is 0 Å². The molecule has 2 fully saturated rings. The summed E-state index contributed by atoms with van der Waals surface area (Å²) in [7, 11) is 0. The lowest BCUT2D eigenvalue weighted by molar-refractivity contribution is -0.184. The van der Waals surface area contributed by atoms with E-state index >= 15 is 0 Å². The number of hydrogen-bond acceptors (Lipinski definition) is 6. The lowest BCUT2D eigenvalue weighted by Crippen LogP contribution is -2.58. The molecule has 0 saturated heterocycles. The minimum Gasteiger partial charge on any atom is -0.465 e. The summed E-state index contributed by atoms with van der Waals surface area (Å²) in [5, 5.41) is 0. The molecule has 0 aromatic rings. The van der Waals surface area contributed by atoms with Crippen molar-refractivity contribution >= 4 is 23.5 Å². The SMILES string of the molecule is CCOC(=O)C1(C2(C(=O)OCC)CCCC2=O)CCCC1=O. The Kier molecular flexibility index (Phi) is 4.68. The maximum atomic E-state index is 12.6. The summed E-state index contributed by atoms with van der Waals surface area (Å²) < 4.78 is 10.2. The second-order valence-corrected chi connectivity index (χ2v) is 5.81. The van der Waals surface area contributed by atoms with Crippen LogP contribution in [0.1, 0.15) is 52.4 Å². The minimum absolute atomic E-state index is 0.0982. The van der Waals surface area contributed by atoms with E-state index < -0.39 is 22.8 Å². The number of ether oxygens (including phenoxy) is 2. The Morgan fingerprint density at radius 3 is 1.45 bits per heavy atom. The van der Waals surface area contributed by atoms with Gasteiger partial charge in [-0.05, 0) is 39.5 Å². The number of rotatable bonds is 5. The number of carbonyl (C=O) groups is 4. The van der Waals surface area contributed by atoms with E-state index in [1.807, 2.05) is 0 Å². The van der Waals surface area contributed by atoms with E-state index in [0.29, 0.717) is 12.8 Å². The third-order valence-electron chi connectivity index (χ3n) is 4.84. The van der Waals surface area contributed by atoms with Gasteiger partial charge in [-0.2, -0.15) is 0 Å². The van der Waals surface area contributed by atoms with Gasteiger partial charge < -0.3 is 9.47 Å². The number of Topliss-reactive ketones (excluding diaryl/α,β-unsaturated/α-hetero) is 2. The van der Waals surface area contributed by atoms with Crippen molar-refractivity contribution in [3.63, 3.8) is 0 Å². The molecule has 2 rings (SSSR count). The summed E-state index contributed by atoms with van der Waals surface area (Å²) in [6.07, 6.45) is 1.68. The molecule has 0 radical (unpaired) electrons. The monoisotopic (exact) mass is 310 g/mol. The van der Waals surface area contributed by atoms with Crippen molar-refractivity contribution in [3.8, 4) is 0 Å². The van der Waals surface area contributed by atoms with Gasteiger partial charge in [-0.15, -0.1) is 0 Å². The molecule has 2 aliphatic carbocycles. The van der Waals surface area contributed by atoms with Crippen LogP contribution in [-0.4, -0.2) is 36.7 Å². The van der Waals surface area contributed by atoms with Gasteiger partial charge >= 0.3 is 11.9 Å². The second kappa shape index (κ2) is 6.18. The van der Waals surface area contributed by atoms with Crippen LogP contribution in [0.4, 0.5) is 0 Å². The Balaban J connectivity index is 2.60. The molecule has 2 aliphatic rings. The van der Waals surface area contributed by atoms with Gasteiger partial charge in [-0.25, -0.2) is 0 Å². The minimum atomic E-state index is -1.69. The van der Waals surface area contributed by atoms with Crippen molar-refractivity contribution in [2.24, 2.45) is 10.8 Å². The van der Waals surface area contributed by atoms with Gasteiger partial charge in [0, 0.05) is 12.8 Å². The van der Waals surface area contributed by atoms with E-state index in [1.165, 1.54) is 0 Å². The molecule has 122 valence electrons. The molecule has 0 spiro atoms. The Bertz CT molecular complexity index is 465. The van der Waals surface area contributed by atoms with Gasteiger partial charge in [0.2, 0.25) is 0 Å². The molecular formula is C16H22O6. The average molecular weight is 310 g/mol. The zero-order chi connectivity index (χ0) is 16.4. The Hall–Kier alpha value is -1.72. The number of esters is 2. The first kappa shape index (κ1) is 16.6. The molecule has 0 heterocycles. The van der Waals surface area contributed by atoms with Crippen LogP contribution >= 0.6 is 0 Å². The third kappa shape index (κ3) is 2.08. The molecular weight excluding hydrogens is 288 g/mol. The predicted molar refractivity (Wildman–Crippen MR) is 75.8 cm³/mol. The summed E-state index contributed by atoms with van der Waals surface area (Å²) in [5.74, 6) is -2.23. The van der Waals surface area contributed by atoms with Crippen molar-refractivity contribution < 1.29 is 28.7 Å². The number of ketones is 2. The van der Waals surface area contributed by atoms with Crippen molar-refractivity contribution in [3.05, 3.63) is 0 Å². The fourth-order valence-electron chi connectivity index (χ4n) is 3.93. The zero-order valence-corrected chi connectivity index (χ0v) is 13.1. The molecule has 0 amide bonds. The lowest BCUT2D eigenvalue weighted by atomic mass is 9.59. The second-order valence-electron chi connectivity index (χ2n) is 5.81. The van der Waals surface area contributed by atoms with Crippen molar-refractivity contribution in [1.82, 2.24) is 0 Å². The van der Waals surface area contributed by atoms with E-state index in [9.17, 15) is 19.2 Å². The van der Waals surface area contributed by atoms with Crippen LogP contribution in [-0.2, 0) is 28.7 Å². The molecule has 6 heteroatoms. The maximum Gasteiger partial charge on any atom is 0.321 e. The first-order valence-corrected chi connectivity index (χ1v) is 7.88. The Morgan fingerprint density at radius 2 is 1.23 bits per heavy atom. The summed E-state index contributed by atoms with van der Waals surface area (Å²) in [4.78, 5) is 50.4. The first-order valence-electron chi connectivity index (χ1n) is 7.88. The summed E-state index contributed by atoms with van der Waals surface area (Å²) in [6.45, 7) is 3.47. The van der Waals surface area contributed by atoms with E-state index in [4.69, 9.17) is 9.47 Å². The van der Waals surface area contributed by atoms with Crippen LogP contribution in [0.2, 0.25) is 0 Å². The van der Waals surface area contributed by atoms with Gasteiger partial charge in [0.15, 0.2) is 11.6 Å². The summed E-state index contributed by atoms with van der Waals surface area (Å²) >= 11 is 0. The van der Waals surface area contributed by atoms with Crippen molar-refractivity contribution in [2.75, 3.05) is 13.2 Å².